The van der Waals surface area contributed by atoms with Crippen molar-refractivity contribution in [1.29, 1.82) is 0 Å². The Bertz CT molecular complexity index is 3130. The number of pyridine rings is 1. The number of fused-ring (bicyclic) bond motifs is 5. The van der Waals surface area contributed by atoms with Gasteiger partial charge in [0, 0.05) is 31.0 Å². The van der Waals surface area contributed by atoms with Crippen LogP contribution in [0.1, 0.15) is 55.4 Å². The highest BCUT2D eigenvalue weighted by Crippen LogP contribution is 2.36. The zero-order chi connectivity index (χ0) is 37.5. The Kier molecular flexibility index (Phi) is 7.32. The summed E-state index contributed by atoms with van der Waals surface area (Å²) in [5.74, 6) is 0.220. The topological polar surface area (TPSA) is 185 Å². The molecular weight excluding hydrogens is 718 g/mol. The number of ether oxygens (including phenoxy) is 1. The van der Waals surface area contributed by atoms with Crippen LogP contribution in [0.15, 0.2) is 83.0 Å². The van der Waals surface area contributed by atoms with E-state index in [1.807, 2.05) is 41.0 Å². The van der Waals surface area contributed by atoms with Gasteiger partial charge in [-0.05, 0) is 74.4 Å². The molecule has 11 rings (SSSR count). The van der Waals surface area contributed by atoms with Crippen molar-refractivity contribution in [3.63, 3.8) is 0 Å². The standard InChI is InChI=1S/C39H32FN13O3/c40-21-10-12-26-31(17-21)51(20-43-26)36-41-18-28-34(48-36)53(38(54)45-28)29-9-3-7-24-23(29)11-13-27(44-24)32-33-35(52(39(55)47-33)22-5-4-15-56-16-14-22)49-37(46-32)50-19-42-25-6-1-2-8-30(25)50/h1-2,6,8,10-13,17-20,22,29H,3-5,7,9,14-16H2,(H,45,54)(H,47,55)/t22?,29-/m0/s1. The lowest BCUT2D eigenvalue weighted by Gasteiger charge is -2.26. The molecule has 1 unspecified atom stereocenters. The lowest BCUT2D eigenvalue weighted by Crippen LogP contribution is -2.27. The molecule has 56 heavy (non-hydrogen) atoms. The first-order valence-electron chi connectivity index (χ1n) is 18.6. The number of nitrogens with zero attached hydrogens (tertiary/aromatic N) is 11. The van der Waals surface area contributed by atoms with Crippen LogP contribution < -0.4 is 11.4 Å². The van der Waals surface area contributed by atoms with Crippen molar-refractivity contribution in [2.24, 2.45) is 0 Å². The van der Waals surface area contributed by atoms with E-state index in [1.165, 1.54) is 12.1 Å². The quantitative estimate of drug-likeness (QED) is 0.240. The molecule has 2 aliphatic rings. The fourth-order valence-electron chi connectivity index (χ4n) is 8.37. The van der Waals surface area contributed by atoms with E-state index in [-0.39, 0.29) is 29.4 Å². The number of hydrogen-bond donors (Lipinski definition) is 2. The van der Waals surface area contributed by atoms with Crippen LogP contribution in [0, 0.1) is 5.82 Å². The van der Waals surface area contributed by atoms with Crippen LogP contribution in [-0.4, -0.2) is 76.3 Å². The predicted molar refractivity (Wildman–Crippen MR) is 204 cm³/mol. The molecule has 1 aliphatic carbocycles. The molecule has 0 amide bonds. The number of H-pyrrole nitrogens is 2. The SMILES string of the molecule is O=c1[nH]c2c(-c3ccc4c(n3)CCC[C@@H]4n3c(=O)[nH]c4cnc(-n5cnc6ccc(F)cc65)nc43)nc(-n3cnc4ccccc43)nc2n1C1CCCOCC1. The van der Waals surface area contributed by atoms with Gasteiger partial charge in [-0.25, -0.2) is 33.9 Å². The van der Waals surface area contributed by atoms with Gasteiger partial charge in [0.2, 0.25) is 11.9 Å². The minimum Gasteiger partial charge on any atom is -0.381 e. The van der Waals surface area contributed by atoms with Crippen LogP contribution in [-0.2, 0) is 11.2 Å². The smallest absolute Gasteiger partial charge is 0.328 e. The Morgan fingerprint density at radius 1 is 0.732 bits per heavy atom. The van der Waals surface area contributed by atoms with Crippen molar-refractivity contribution < 1.29 is 9.13 Å². The summed E-state index contributed by atoms with van der Waals surface area (Å²) in [4.78, 5) is 66.9. The summed E-state index contributed by atoms with van der Waals surface area (Å²) in [6.07, 6.45) is 9.21. The maximum Gasteiger partial charge on any atom is 0.328 e. The second-order valence-corrected chi connectivity index (χ2v) is 14.3. The summed E-state index contributed by atoms with van der Waals surface area (Å²) in [6.45, 7) is 1.21. The Balaban J connectivity index is 1.05. The number of nitrogens with one attached hydrogen (secondary N) is 2. The van der Waals surface area contributed by atoms with Crippen molar-refractivity contribution >= 4 is 44.4 Å². The number of benzene rings is 2. The van der Waals surface area contributed by atoms with Crippen LogP contribution in [0.25, 0.3) is 67.7 Å². The number of halogens is 1. The van der Waals surface area contributed by atoms with Crippen LogP contribution in [0.5, 0.6) is 0 Å². The fourth-order valence-corrected chi connectivity index (χ4v) is 8.37. The zero-order valence-electron chi connectivity index (χ0n) is 29.8. The van der Waals surface area contributed by atoms with E-state index in [0.717, 1.165) is 41.6 Å². The van der Waals surface area contributed by atoms with E-state index < -0.39 is 5.82 Å². The number of para-hydroxylation sites is 2. The third-order valence-electron chi connectivity index (χ3n) is 11.0. The molecule has 7 aromatic heterocycles. The van der Waals surface area contributed by atoms with Crippen LogP contribution in [0.3, 0.4) is 0 Å². The minimum atomic E-state index is -0.405. The second kappa shape index (κ2) is 12.6. The van der Waals surface area contributed by atoms with Crippen molar-refractivity contribution in [2.75, 3.05) is 13.2 Å². The number of rotatable bonds is 5. The molecule has 1 saturated heterocycles. The van der Waals surface area contributed by atoms with Gasteiger partial charge in [-0.1, -0.05) is 18.2 Å². The molecule has 1 fully saturated rings. The average Bonchev–Trinajstić information content (AvgIpc) is 3.94. The highest BCUT2D eigenvalue weighted by molar-refractivity contribution is 5.87. The fraction of sp³-hybridized carbons (Fsp3) is 0.256. The molecule has 16 nitrogen and oxygen atoms in total. The number of hydrogen-bond acceptors (Lipinski definition) is 10. The summed E-state index contributed by atoms with van der Waals surface area (Å²) < 4.78 is 26.8. The number of imidazole rings is 4. The van der Waals surface area contributed by atoms with E-state index in [1.54, 1.807) is 38.6 Å². The molecule has 0 radical (unpaired) electrons. The van der Waals surface area contributed by atoms with E-state index in [2.05, 4.69) is 24.9 Å². The Morgan fingerprint density at radius 2 is 1.55 bits per heavy atom. The van der Waals surface area contributed by atoms with Gasteiger partial charge < -0.3 is 14.7 Å². The van der Waals surface area contributed by atoms with Gasteiger partial charge in [0.15, 0.2) is 11.3 Å². The summed E-state index contributed by atoms with van der Waals surface area (Å²) in [5.41, 5.74) is 6.76. The van der Waals surface area contributed by atoms with Gasteiger partial charge in [-0.2, -0.15) is 9.97 Å². The molecule has 17 heteroatoms. The van der Waals surface area contributed by atoms with Gasteiger partial charge in [0.05, 0.1) is 40.0 Å². The second-order valence-electron chi connectivity index (χ2n) is 14.3. The first-order valence-corrected chi connectivity index (χ1v) is 18.6. The molecule has 0 saturated carbocycles. The number of aryl methyl sites for hydroxylation is 1. The molecule has 8 heterocycles. The summed E-state index contributed by atoms with van der Waals surface area (Å²) in [7, 11) is 0. The first-order chi connectivity index (χ1) is 27.5. The highest BCUT2D eigenvalue weighted by Gasteiger charge is 2.29. The van der Waals surface area contributed by atoms with Gasteiger partial charge in [0.25, 0.3) is 0 Å². The Morgan fingerprint density at radius 3 is 2.46 bits per heavy atom. The van der Waals surface area contributed by atoms with Crippen molar-refractivity contribution in [3.8, 4) is 23.3 Å². The van der Waals surface area contributed by atoms with Gasteiger partial charge in [0.1, 0.15) is 35.2 Å². The summed E-state index contributed by atoms with van der Waals surface area (Å²) in [5, 5.41) is 0. The van der Waals surface area contributed by atoms with Crippen molar-refractivity contribution in [3.05, 3.63) is 111 Å². The summed E-state index contributed by atoms with van der Waals surface area (Å²) in [6, 6.07) is 15.5. The molecule has 278 valence electrons. The van der Waals surface area contributed by atoms with Crippen molar-refractivity contribution in [2.45, 2.75) is 50.6 Å². The molecule has 2 N–H and O–H groups in total. The third kappa shape index (κ3) is 5.10. The van der Waals surface area contributed by atoms with Gasteiger partial charge in [-0.15, -0.1) is 0 Å². The number of aromatic nitrogens is 13. The predicted octanol–water partition coefficient (Wildman–Crippen LogP) is 5.10. The highest BCUT2D eigenvalue weighted by atomic mass is 19.1. The zero-order valence-corrected chi connectivity index (χ0v) is 29.8. The van der Waals surface area contributed by atoms with Gasteiger partial charge >= 0.3 is 11.4 Å². The van der Waals surface area contributed by atoms with E-state index >= 15 is 0 Å². The maximum atomic E-state index is 14.2. The van der Waals surface area contributed by atoms with Crippen molar-refractivity contribution in [1.82, 2.24) is 63.1 Å². The number of aromatic amines is 2. The molecule has 0 bridgehead atoms. The molecule has 9 aromatic rings. The first kappa shape index (κ1) is 32.5. The Labute approximate surface area is 314 Å². The average molecular weight is 750 g/mol. The van der Waals surface area contributed by atoms with E-state index in [4.69, 9.17) is 24.7 Å². The van der Waals surface area contributed by atoms with E-state index in [9.17, 15) is 14.0 Å². The molecule has 2 aromatic carbocycles. The van der Waals surface area contributed by atoms with Crippen LogP contribution in [0.4, 0.5) is 4.39 Å². The minimum absolute atomic E-state index is 0.0985. The lowest BCUT2D eigenvalue weighted by molar-refractivity contribution is 0.142. The maximum absolute atomic E-state index is 14.2. The molecule has 1 aliphatic heterocycles. The Hall–Kier alpha value is -6.88. The molecular formula is C39H32FN13O3. The lowest BCUT2D eigenvalue weighted by atomic mass is 9.90. The largest absolute Gasteiger partial charge is 0.381 e. The van der Waals surface area contributed by atoms with Crippen LogP contribution >= 0.6 is 0 Å². The van der Waals surface area contributed by atoms with Gasteiger partial charge in [-0.3, -0.25) is 23.3 Å². The summed E-state index contributed by atoms with van der Waals surface area (Å²) >= 11 is 0. The normalized spacial score (nSPS) is 17.6. The monoisotopic (exact) mass is 749 g/mol. The van der Waals surface area contributed by atoms with Crippen LogP contribution in [0.2, 0.25) is 0 Å². The third-order valence-corrected chi connectivity index (χ3v) is 11.0. The molecule has 2 atom stereocenters. The molecule has 0 spiro atoms. The van der Waals surface area contributed by atoms with E-state index in [0.29, 0.717) is 83.2 Å².